The van der Waals surface area contributed by atoms with Gasteiger partial charge in [0, 0.05) is 30.0 Å². The Bertz CT molecular complexity index is 1220. The average Bonchev–Trinajstić information content (AvgIpc) is 3.67. The van der Waals surface area contributed by atoms with E-state index in [2.05, 4.69) is 10.1 Å². The fourth-order valence-corrected chi connectivity index (χ4v) is 4.32. The topological polar surface area (TPSA) is 89.3 Å². The predicted molar refractivity (Wildman–Crippen MR) is 133 cm³/mol. The van der Waals surface area contributed by atoms with Gasteiger partial charge in [-0.2, -0.15) is 0 Å². The zero-order chi connectivity index (χ0) is 27.1. The molecular weight excluding hydrogens is 501 g/mol. The Kier molecular flexibility index (Phi) is 8.52. The zero-order valence-corrected chi connectivity index (χ0v) is 20.4. The number of quaternary nitrogens is 1. The maximum absolute atomic E-state index is 13.4. The van der Waals surface area contributed by atoms with Crippen LogP contribution in [0.15, 0.2) is 78.9 Å². The molecule has 10 heteroatoms. The van der Waals surface area contributed by atoms with Crippen molar-refractivity contribution in [3.8, 4) is 11.5 Å². The first kappa shape index (κ1) is 27.0. The molecule has 3 aromatic carbocycles. The summed E-state index contributed by atoms with van der Waals surface area (Å²) in [4.78, 5) is 24.7. The Labute approximate surface area is 217 Å². The molecule has 1 aliphatic carbocycles. The predicted octanol–water partition coefficient (Wildman–Crippen LogP) is 5.00. The third kappa shape index (κ3) is 7.97. The van der Waals surface area contributed by atoms with E-state index in [9.17, 15) is 22.8 Å². The molecule has 0 aromatic heterocycles. The quantitative estimate of drug-likeness (QED) is 0.304. The van der Waals surface area contributed by atoms with Gasteiger partial charge in [-0.05, 0) is 60.5 Å². The minimum atomic E-state index is -4.79. The first-order valence-electron chi connectivity index (χ1n) is 12.2. The number of benzene rings is 3. The maximum atomic E-state index is 13.4. The zero-order valence-electron chi connectivity index (χ0n) is 20.4. The van der Waals surface area contributed by atoms with Crippen molar-refractivity contribution < 1.29 is 42.2 Å². The molecule has 2 unspecified atom stereocenters. The Balaban J connectivity index is 1.43. The van der Waals surface area contributed by atoms with Crippen molar-refractivity contribution in [2.24, 2.45) is 0 Å². The molecule has 2 amide bonds. The number of carbonyl (C=O) groups is 2. The van der Waals surface area contributed by atoms with E-state index in [1.54, 1.807) is 12.1 Å². The Hall–Kier alpha value is -4.05. The van der Waals surface area contributed by atoms with E-state index < -0.39 is 12.3 Å². The first-order chi connectivity index (χ1) is 18.2. The number of nitrogens with one attached hydrogen (secondary N) is 2. The van der Waals surface area contributed by atoms with Crippen LogP contribution in [0.4, 0.5) is 23.7 Å². The fourth-order valence-electron chi connectivity index (χ4n) is 4.32. The molecule has 38 heavy (non-hydrogen) atoms. The second-order valence-electron chi connectivity index (χ2n) is 9.08. The number of carboxylic acid groups (broad SMARTS) is 1. The summed E-state index contributed by atoms with van der Waals surface area (Å²) in [6, 6.07) is 22.0. The van der Waals surface area contributed by atoms with Crippen LogP contribution >= 0.6 is 0 Å². The van der Waals surface area contributed by atoms with Gasteiger partial charge in [-0.3, -0.25) is 10.1 Å². The number of hydrogen-bond acceptors (Lipinski definition) is 4. The summed E-state index contributed by atoms with van der Waals surface area (Å²) in [5.41, 5.74) is 2.42. The smallest absolute Gasteiger partial charge is 0.494 e. The van der Waals surface area contributed by atoms with Crippen molar-refractivity contribution in [3.05, 3.63) is 90.0 Å². The van der Waals surface area contributed by atoms with Gasteiger partial charge < -0.3 is 14.6 Å². The van der Waals surface area contributed by atoms with Crippen LogP contribution in [0.3, 0.4) is 0 Å². The summed E-state index contributed by atoms with van der Waals surface area (Å²) in [6.07, 6.45) is -3.52. The number of aliphatic carboxylic acids is 1. The molecule has 3 atom stereocenters. The van der Waals surface area contributed by atoms with E-state index in [-0.39, 0.29) is 30.2 Å². The van der Waals surface area contributed by atoms with E-state index >= 15 is 0 Å². The van der Waals surface area contributed by atoms with E-state index in [1.165, 1.54) is 12.1 Å². The average molecular weight is 530 g/mol. The van der Waals surface area contributed by atoms with Gasteiger partial charge in [-0.25, -0.2) is 9.69 Å². The Morgan fingerprint density at radius 3 is 2.24 bits per heavy atom. The molecule has 1 saturated carbocycles. The molecule has 7 nitrogen and oxygen atoms in total. The van der Waals surface area contributed by atoms with Crippen molar-refractivity contribution in [1.29, 1.82) is 0 Å². The van der Waals surface area contributed by atoms with Crippen LogP contribution in [0.2, 0.25) is 0 Å². The van der Waals surface area contributed by atoms with Crippen molar-refractivity contribution in [3.63, 3.8) is 0 Å². The third-order valence-electron chi connectivity index (χ3n) is 6.22. The van der Waals surface area contributed by atoms with Gasteiger partial charge in [0.15, 0.2) is 0 Å². The lowest BCUT2D eigenvalue weighted by molar-refractivity contribution is -0.840. The number of anilines is 1. The summed E-state index contributed by atoms with van der Waals surface area (Å²) in [6.45, 7) is 0.688. The van der Waals surface area contributed by atoms with Crippen molar-refractivity contribution in [1.82, 2.24) is 0 Å². The number of amides is 2. The molecule has 0 heterocycles. The summed E-state index contributed by atoms with van der Waals surface area (Å²) < 4.78 is 46.8. The highest BCUT2D eigenvalue weighted by atomic mass is 19.4. The van der Waals surface area contributed by atoms with Crippen LogP contribution in [0.25, 0.3) is 0 Å². The molecule has 3 aromatic rings. The number of urea groups is 1. The van der Waals surface area contributed by atoms with Crippen molar-refractivity contribution >= 4 is 17.7 Å². The number of ether oxygens (including phenoxy) is 2. The molecule has 0 aliphatic heterocycles. The number of rotatable bonds is 11. The van der Waals surface area contributed by atoms with Crippen LogP contribution in [0, 0.1) is 0 Å². The lowest BCUT2D eigenvalue weighted by Crippen LogP contribution is -3.15. The fraction of sp³-hybridized carbons (Fsp3) is 0.286. The maximum Gasteiger partial charge on any atom is 0.573 e. The molecule has 0 bridgehead atoms. The third-order valence-corrected chi connectivity index (χ3v) is 6.22. The van der Waals surface area contributed by atoms with Crippen molar-refractivity contribution in [2.45, 2.75) is 44.1 Å². The highest BCUT2D eigenvalue weighted by molar-refractivity contribution is 5.83. The Morgan fingerprint density at radius 2 is 1.61 bits per heavy atom. The highest BCUT2D eigenvalue weighted by Gasteiger charge is 2.49. The number of alkyl halides is 3. The summed E-state index contributed by atoms with van der Waals surface area (Å²) >= 11 is 0. The van der Waals surface area contributed by atoms with E-state index in [0.29, 0.717) is 35.9 Å². The summed E-state index contributed by atoms with van der Waals surface area (Å²) in [5, 5.41) is 11.5. The van der Waals surface area contributed by atoms with Gasteiger partial charge in [0.2, 0.25) is 0 Å². The molecule has 0 spiro atoms. The monoisotopic (exact) mass is 529 g/mol. The van der Waals surface area contributed by atoms with Gasteiger partial charge in [0.05, 0.1) is 6.61 Å². The minimum absolute atomic E-state index is 0.0353. The number of carboxylic acids is 1. The number of hydrogen-bond donors (Lipinski definition) is 3. The standard InChI is InChI=1S/C28H27F3N2O5/c29-28(30,31)38-23-14-10-21(11-15-23)32-27(36)33(25-17-24(25)20-5-2-1-3-6-20)18-19-8-12-22(13-9-19)37-16-4-7-26(34)35/h1-3,5-6,8-15,24-25H,4,7,16-18H2,(H,32,36)(H,34,35)/p+1/t24-,25?/m0/s1. The SMILES string of the molecule is O=C(O)CCCOc1ccc(C[NH+](C(=O)Nc2ccc(OC(F)(F)F)cc2)C2C[C@H]2c2ccccc2)cc1. The first-order valence-corrected chi connectivity index (χ1v) is 12.2. The van der Waals surface area contributed by atoms with Gasteiger partial charge in [0.1, 0.15) is 24.1 Å². The lowest BCUT2D eigenvalue weighted by atomic mass is 10.1. The molecule has 3 N–H and O–H groups in total. The number of carbonyl (C=O) groups excluding carboxylic acids is 1. The normalized spacial score (nSPS) is 17.3. The van der Waals surface area contributed by atoms with Gasteiger partial charge in [-0.1, -0.05) is 30.3 Å². The van der Waals surface area contributed by atoms with Gasteiger partial charge >= 0.3 is 18.4 Å². The molecule has 200 valence electrons. The minimum Gasteiger partial charge on any atom is -0.494 e. The second-order valence-corrected chi connectivity index (χ2v) is 9.08. The van der Waals surface area contributed by atoms with Crippen LogP contribution in [-0.4, -0.2) is 36.1 Å². The van der Waals surface area contributed by atoms with Gasteiger partial charge in [0.25, 0.3) is 0 Å². The largest absolute Gasteiger partial charge is 0.573 e. The molecule has 4 rings (SSSR count). The van der Waals surface area contributed by atoms with Crippen LogP contribution in [-0.2, 0) is 11.3 Å². The molecule has 1 aliphatic rings. The van der Waals surface area contributed by atoms with Crippen LogP contribution in [0.5, 0.6) is 11.5 Å². The lowest BCUT2D eigenvalue weighted by Gasteiger charge is -2.19. The summed E-state index contributed by atoms with van der Waals surface area (Å²) in [5.74, 6) is -0.405. The summed E-state index contributed by atoms with van der Waals surface area (Å²) in [7, 11) is 0. The van der Waals surface area contributed by atoms with E-state index in [1.807, 2.05) is 42.5 Å². The Morgan fingerprint density at radius 1 is 0.947 bits per heavy atom. The molecule has 0 radical (unpaired) electrons. The van der Waals surface area contributed by atoms with Crippen LogP contribution < -0.4 is 19.7 Å². The molecular formula is C28H28F3N2O5+. The van der Waals surface area contributed by atoms with Crippen molar-refractivity contribution in [2.75, 3.05) is 11.9 Å². The highest BCUT2D eigenvalue weighted by Crippen LogP contribution is 2.39. The number of halogens is 3. The second kappa shape index (κ2) is 12.0. The molecule has 1 fully saturated rings. The molecule has 0 saturated heterocycles. The van der Waals surface area contributed by atoms with E-state index in [0.717, 1.165) is 29.7 Å². The van der Waals surface area contributed by atoms with E-state index in [4.69, 9.17) is 9.84 Å². The van der Waals surface area contributed by atoms with Crippen LogP contribution in [0.1, 0.15) is 36.3 Å². The van der Waals surface area contributed by atoms with Gasteiger partial charge in [-0.15, -0.1) is 13.2 Å².